The lowest BCUT2D eigenvalue weighted by molar-refractivity contribution is -0.136. The van der Waals surface area contributed by atoms with Gasteiger partial charge in [0, 0.05) is 81.2 Å². The molecule has 1 aromatic heterocycles. The van der Waals surface area contributed by atoms with Crippen LogP contribution in [-0.2, 0) is 16.1 Å². The van der Waals surface area contributed by atoms with Crippen LogP contribution in [-0.4, -0.2) is 101 Å². The van der Waals surface area contributed by atoms with E-state index in [-0.39, 0.29) is 29.3 Å². The second-order valence-corrected chi connectivity index (χ2v) is 15.0. The van der Waals surface area contributed by atoms with E-state index in [0.29, 0.717) is 80.7 Å². The average molecular weight is 832 g/mol. The summed E-state index contributed by atoms with van der Waals surface area (Å²) in [4.78, 5) is 75.8. The van der Waals surface area contributed by atoms with E-state index in [4.69, 9.17) is 17.3 Å². The molecule has 4 heterocycles. The number of carbonyl (C=O) groups is 5. The van der Waals surface area contributed by atoms with Crippen LogP contribution < -0.4 is 37.2 Å². The fourth-order valence-electron chi connectivity index (χ4n) is 7.28. The van der Waals surface area contributed by atoms with E-state index in [9.17, 15) is 24.0 Å². The fraction of sp³-hybridized carbons (Fsp3) is 0.326. The number of anilines is 5. The maximum absolute atomic E-state index is 12.9. The van der Waals surface area contributed by atoms with Crippen LogP contribution in [0.5, 0.6) is 0 Å². The number of aromatic nitrogens is 2. The first-order valence-electron chi connectivity index (χ1n) is 19.9. The number of amides is 6. The largest absolute Gasteiger partial charge is 0.368 e. The highest BCUT2D eigenvalue weighted by Crippen LogP contribution is 2.29. The number of hydrogen-bond acceptors (Lipinski definition) is 11. The number of imide groups is 1. The molecular formula is C43H46ClN11O5. The lowest BCUT2D eigenvalue weighted by Gasteiger charge is -2.36. The summed E-state index contributed by atoms with van der Waals surface area (Å²) in [5.74, 6) is 5.51. The third-order valence-corrected chi connectivity index (χ3v) is 10.8. The molecule has 7 N–H and O–H groups in total. The normalized spacial score (nSPS) is 16.1. The third kappa shape index (κ3) is 10.3. The third-order valence-electron chi connectivity index (χ3n) is 10.5. The Morgan fingerprint density at radius 1 is 0.933 bits per heavy atom. The zero-order valence-electron chi connectivity index (χ0n) is 32.9. The second kappa shape index (κ2) is 19.4. The number of primary amides is 1. The maximum Gasteiger partial charge on any atom is 0.317 e. The Morgan fingerprint density at radius 3 is 2.50 bits per heavy atom. The number of urea groups is 1. The highest BCUT2D eigenvalue weighted by atomic mass is 35.5. The van der Waals surface area contributed by atoms with Crippen LogP contribution in [0.3, 0.4) is 0 Å². The van der Waals surface area contributed by atoms with Gasteiger partial charge in [0.25, 0.3) is 11.8 Å². The van der Waals surface area contributed by atoms with Crippen LogP contribution in [0.15, 0.2) is 72.9 Å². The fourth-order valence-corrected chi connectivity index (χ4v) is 7.42. The lowest BCUT2D eigenvalue weighted by Crippen LogP contribution is -2.52. The van der Waals surface area contributed by atoms with Crippen molar-refractivity contribution in [1.29, 1.82) is 0 Å². The predicted octanol–water partition coefficient (Wildman–Crippen LogP) is 4.12. The molecule has 3 aromatic carbocycles. The number of piperidine rings is 1. The first-order chi connectivity index (χ1) is 29.1. The monoisotopic (exact) mass is 831 g/mol. The molecule has 0 saturated carbocycles. The minimum Gasteiger partial charge on any atom is -0.368 e. The minimum atomic E-state index is -0.633. The molecule has 0 bridgehead atoms. The summed E-state index contributed by atoms with van der Waals surface area (Å²) in [6.45, 7) is 5.15. The van der Waals surface area contributed by atoms with Crippen molar-refractivity contribution in [3.63, 3.8) is 0 Å². The molecule has 6 amide bonds. The number of para-hydroxylation sites is 1. The van der Waals surface area contributed by atoms with E-state index in [1.165, 1.54) is 11.1 Å². The lowest BCUT2D eigenvalue weighted by atomic mass is 10.0. The molecule has 2 fully saturated rings. The van der Waals surface area contributed by atoms with Gasteiger partial charge in [-0.25, -0.2) is 9.78 Å². The van der Waals surface area contributed by atoms with E-state index in [1.807, 2.05) is 41.3 Å². The predicted molar refractivity (Wildman–Crippen MR) is 228 cm³/mol. The molecular weight excluding hydrogens is 786 g/mol. The van der Waals surface area contributed by atoms with Crippen LogP contribution >= 0.6 is 11.6 Å². The standard InChI is InChI=1S/C43H46ClN11O5/c44-34-26-48-42(52-39(34)50-35-9-2-1-8-33(35)38(45)57)49-30-11-13-31(14-12-30)53-21-23-54(24-22-53)43(60)47-20-6-5-19-46-18-4-3-7-28-10-15-32-29(25-28)27-55(41(32)59)36-16-17-37(56)51-40(36)58/h1-2,8-15,25-26,36,46H,4-6,16-24,27H2,(H2,45,57)(H,47,60)(H,51,56,58)(H2,48,49,50,52). The van der Waals surface area contributed by atoms with Crippen LogP contribution in [0.25, 0.3) is 0 Å². The number of nitrogens with one attached hydrogen (secondary N) is 5. The molecule has 1 atom stereocenters. The van der Waals surface area contributed by atoms with Crippen LogP contribution in [0.4, 0.5) is 33.6 Å². The first-order valence-corrected chi connectivity index (χ1v) is 20.3. The topological polar surface area (TPSA) is 207 Å². The van der Waals surface area contributed by atoms with E-state index in [2.05, 4.69) is 53.3 Å². The quantitative estimate of drug-likeness (QED) is 0.0606. The number of nitrogens with two attached hydrogens (primary N) is 1. The Labute approximate surface area is 352 Å². The van der Waals surface area contributed by atoms with Gasteiger partial charge in [0.15, 0.2) is 5.82 Å². The van der Waals surface area contributed by atoms with Gasteiger partial charge in [-0.3, -0.25) is 24.5 Å². The number of nitrogens with zero attached hydrogens (tertiary/aromatic N) is 5. The Balaban J connectivity index is 0.757. The molecule has 60 heavy (non-hydrogen) atoms. The summed E-state index contributed by atoms with van der Waals surface area (Å²) >= 11 is 6.34. The molecule has 0 radical (unpaired) electrons. The van der Waals surface area contributed by atoms with Crippen molar-refractivity contribution in [3.8, 4) is 11.8 Å². The van der Waals surface area contributed by atoms with Gasteiger partial charge in [-0.2, -0.15) is 4.98 Å². The number of unbranched alkanes of at least 4 members (excludes halogenated alkanes) is 1. The van der Waals surface area contributed by atoms with Crippen LogP contribution in [0.2, 0.25) is 5.02 Å². The SMILES string of the molecule is NC(=O)c1ccccc1Nc1nc(Nc2ccc(N3CCN(C(=O)NCCCCNCCC#Cc4ccc5c(c4)CN(C4CCC(=O)NC4=O)C5=O)CC3)cc2)ncc1Cl. The zero-order valence-corrected chi connectivity index (χ0v) is 33.7. The molecule has 17 heteroatoms. The molecule has 3 aliphatic heterocycles. The molecule has 2 saturated heterocycles. The number of rotatable bonds is 14. The summed E-state index contributed by atoms with van der Waals surface area (Å²) < 4.78 is 0. The highest BCUT2D eigenvalue weighted by Gasteiger charge is 2.39. The van der Waals surface area contributed by atoms with Crippen molar-refractivity contribution in [2.75, 3.05) is 61.3 Å². The van der Waals surface area contributed by atoms with Gasteiger partial charge in [0.1, 0.15) is 11.1 Å². The molecule has 3 aliphatic rings. The summed E-state index contributed by atoms with van der Waals surface area (Å²) in [7, 11) is 0. The van der Waals surface area contributed by atoms with E-state index in [1.54, 1.807) is 30.3 Å². The Kier molecular flexibility index (Phi) is 13.4. The molecule has 4 aromatic rings. The van der Waals surface area contributed by atoms with Gasteiger partial charge in [-0.05, 0) is 86.0 Å². The van der Waals surface area contributed by atoms with E-state index in [0.717, 1.165) is 48.4 Å². The number of hydrogen-bond donors (Lipinski definition) is 6. The van der Waals surface area contributed by atoms with Crippen LogP contribution in [0, 0.1) is 11.8 Å². The number of fused-ring (bicyclic) bond motifs is 1. The number of halogens is 1. The smallest absolute Gasteiger partial charge is 0.317 e. The zero-order chi connectivity index (χ0) is 42.0. The van der Waals surface area contributed by atoms with Crippen molar-refractivity contribution in [1.82, 2.24) is 35.7 Å². The van der Waals surface area contributed by atoms with Gasteiger partial charge in [-0.1, -0.05) is 35.6 Å². The van der Waals surface area contributed by atoms with Gasteiger partial charge in [0.2, 0.25) is 17.8 Å². The second-order valence-electron chi connectivity index (χ2n) is 14.6. The van der Waals surface area contributed by atoms with Crippen LogP contribution in [0.1, 0.15) is 63.9 Å². The van der Waals surface area contributed by atoms with Gasteiger partial charge in [-0.15, -0.1) is 0 Å². The molecule has 310 valence electrons. The molecule has 16 nitrogen and oxygen atoms in total. The van der Waals surface area contributed by atoms with Crippen molar-refractivity contribution in [3.05, 3.63) is 100 Å². The average Bonchev–Trinajstić information content (AvgIpc) is 3.57. The van der Waals surface area contributed by atoms with Crippen molar-refractivity contribution in [2.24, 2.45) is 5.73 Å². The summed E-state index contributed by atoms with van der Waals surface area (Å²) in [5, 5.41) is 15.3. The minimum absolute atomic E-state index is 0.0491. The Hall–Kier alpha value is -6.70. The van der Waals surface area contributed by atoms with Gasteiger partial charge >= 0.3 is 6.03 Å². The Morgan fingerprint density at radius 2 is 1.72 bits per heavy atom. The van der Waals surface area contributed by atoms with Gasteiger partial charge < -0.3 is 41.7 Å². The van der Waals surface area contributed by atoms with Crippen molar-refractivity contribution < 1.29 is 24.0 Å². The van der Waals surface area contributed by atoms with E-state index < -0.39 is 17.9 Å². The van der Waals surface area contributed by atoms with Crippen molar-refractivity contribution >= 4 is 70.1 Å². The Bertz CT molecular complexity index is 2320. The van der Waals surface area contributed by atoms with Crippen molar-refractivity contribution in [2.45, 2.75) is 44.7 Å². The van der Waals surface area contributed by atoms with E-state index >= 15 is 0 Å². The van der Waals surface area contributed by atoms with Gasteiger partial charge in [0.05, 0.1) is 17.4 Å². The maximum atomic E-state index is 12.9. The number of carbonyl (C=O) groups excluding carboxylic acids is 5. The first kappa shape index (κ1) is 41.5. The molecule has 0 spiro atoms. The number of benzene rings is 3. The highest BCUT2D eigenvalue weighted by molar-refractivity contribution is 6.33. The summed E-state index contributed by atoms with van der Waals surface area (Å²) in [6.07, 6.45) is 4.47. The molecule has 7 rings (SSSR count). The molecule has 0 aliphatic carbocycles. The number of piperazine rings is 1. The summed E-state index contributed by atoms with van der Waals surface area (Å²) in [5.41, 5.74) is 10.4. The molecule has 1 unspecified atom stereocenters. The summed E-state index contributed by atoms with van der Waals surface area (Å²) in [6, 6.07) is 19.5.